The molecule has 2 heterocycles. The quantitative estimate of drug-likeness (QED) is 0.776. The van der Waals surface area contributed by atoms with Crippen LogP contribution < -0.4 is 4.90 Å². The van der Waals surface area contributed by atoms with Gasteiger partial charge >= 0.3 is 0 Å². The predicted molar refractivity (Wildman–Crippen MR) is 70.8 cm³/mol. The van der Waals surface area contributed by atoms with Crippen molar-refractivity contribution in [3.05, 3.63) is 23.4 Å². The van der Waals surface area contributed by atoms with Crippen molar-refractivity contribution in [3.8, 4) is 0 Å². The van der Waals surface area contributed by atoms with Crippen LogP contribution in [0.15, 0.2) is 12.1 Å². The first-order valence-electron chi connectivity index (χ1n) is 6.13. The van der Waals surface area contributed by atoms with Gasteiger partial charge < -0.3 is 9.64 Å². The highest BCUT2D eigenvalue weighted by molar-refractivity contribution is 6.17. The maximum absolute atomic E-state index is 5.84. The fourth-order valence-corrected chi connectivity index (χ4v) is 2.35. The summed E-state index contributed by atoms with van der Waals surface area (Å²) < 4.78 is 5.66. The van der Waals surface area contributed by atoms with Gasteiger partial charge in [-0.1, -0.05) is 13.0 Å². The number of aryl methyl sites for hydroxylation is 1. The Hall–Kier alpha value is -0.800. The maximum Gasteiger partial charge on any atom is 0.128 e. The Morgan fingerprint density at radius 3 is 3.00 bits per heavy atom. The number of rotatable bonds is 3. The second kappa shape index (κ2) is 5.69. The van der Waals surface area contributed by atoms with Gasteiger partial charge in [0.25, 0.3) is 0 Å². The molecule has 1 aliphatic rings. The van der Waals surface area contributed by atoms with Crippen LogP contribution in [0.5, 0.6) is 0 Å². The second-order valence-electron chi connectivity index (χ2n) is 4.39. The number of alkyl halides is 1. The molecule has 1 atom stereocenters. The van der Waals surface area contributed by atoms with Gasteiger partial charge in [-0.3, -0.25) is 0 Å². The molecule has 1 saturated heterocycles. The molecule has 0 radical (unpaired) electrons. The van der Waals surface area contributed by atoms with E-state index in [9.17, 15) is 0 Å². The van der Waals surface area contributed by atoms with Crippen LogP contribution in [-0.4, -0.2) is 30.8 Å². The van der Waals surface area contributed by atoms with Crippen LogP contribution in [0.3, 0.4) is 0 Å². The van der Waals surface area contributed by atoms with Gasteiger partial charge in [0, 0.05) is 24.7 Å². The molecule has 0 spiro atoms. The van der Waals surface area contributed by atoms with Crippen molar-refractivity contribution in [1.82, 2.24) is 4.98 Å². The van der Waals surface area contributed by atoms with Gasteiger partial charge in [-0.2, -0.15) is 0 Å². The first-order chi connectivity index (χ1) is 8.24. The molecule has 4 heteroatoms. The van der Waals surface area contributed by atoms with Crippen molar-refractivity contribution in [2.45, 2.75) is 32.3 Å². The van der Waals surface area contributed by atoms with Crippen molar-refractivity contribution < 1.29 is 4.74 Å². The van der Waals surface area contributed by atoms with Crippen LogP contribution in [0, 0.1) is 6.92 Å². The SMILES string of the molecule is CCC1CN(c2ccc(CCl)c(C)n2)CCO1. The van der Waals surface area contributed by atoms with Crippen molar-refractivity contribution in [2.75, 3.05) is 24.6 Å². The third-order valence-electron chi connectivity index (χ3n) is 3.24. The summed E-state index contributed by atoms with van der Waals surface area (Å²) in [5, 5.41) is 0. The van der Waals surface area contributed by atoms with Gasteiger partial charge in [0.2, 0.25) is 0 Å². The van der Waals surface area contributed by atoms with Crippen LogP contribution in [-0.2, 0) is 10.6 Å². The van der Waals surface area contributed by atoms with Crippen LogP contribution in [0.1, 0.15) is 24.6 Å². The molecule has 2 rings (SSSR count). The summed E-state index contributed by atoms with van der Waals surface area (Å²) in [6, 6.07) is 4.13. The molecule has 1 aliphatic heterocycles. The van der Waals surface area contributed by atoms with Crippen LogP contribution in [0.25, 0.3) is 0 Å². The molecule has 0 saturated carbocycles. The zero-order chi connectivity index (χ0) is 12.3. The van der Waals surface area contributed by atoms with E-state index in [0.717, 1.165) is 43.2 Å². The lowest BCUT2D eigenvalue weighted by Crippen LogP contribution is -2.42. The largest absolute Gasteiger partial charge is 0.375 e. The van der Waals surface area contributed by atoms with Crippen LogP contribution in [0.4, 0.5) is 5.82 Å². The lowest BCUT2D eigenvalue weighted by atomic mass is 10.2. The van der Waals surface area contributed by atoms with Gasteiger partial charge in [-0.05, 0) is 25.0 Å². The van der Waals surface area contributed by atoms with E-state index in [1.165, 1.54) is 0 Å². The zero-order valence-corrected chi connectivity index (χ0v) is 11.2. The first kappa shape index (κ1) is 12.7. The number of halogens is 1. The topological polar surface area (TPSA) is 25.4 Å². The van der Waals surface area contributed by atoms with Crippen molar-refractivity contribution in [2.24, 2.45) is 0 Å². The molecule has 0 aliphatic carbocycles. The van der Waals surface area contributed by atoms with E-state index in [2.05, 4.69) is 28.9 Å². The molecule has 1 aromatic heterocycles. The summed E-state index contributed by atoms with van der Waals surface area (Å²) >= 11 is 5.84. The molecule has 17 heavy (non-hydrogen) atoms. The number of anilines is 1. The smallest absolute Gasteiger partial charge is 0.128 e. The van der Waals surface area contributed by atoms with Gasteiger partial charge in [-0.15, -0.1) is 11.6 Å². The summed E-state index contributed by atoms with van der Waals surface area (Å²) in [7, 11) is 0. The Morgan fingerprint density at radius 1 is 1.53 bits per heavy atom. The Kier molecular flexibility index (Phi) is 4.24. The van der Waals surface area contributed by atoms with Gasteiger partial charge in [0.15, 0.2) is 0 Å². The Labute approximate surface area is 108 Å². The van der Waals surface area contributed by atoms with Gasteiger partial charge in [-0.25, -0.2) is 4.98 Å². The highest BCUT2D eigenvalue weighted by atomic mass is 35.5. The molecule has 0 bridgehead atoms. The Morgan fingerprint density at radius 2 is 2.35 bits per heavy atom. The van der Waals surface area contributed by atoms with E-state index in [0.29, 0.717) is 12.0 Å². The number of morpholine rings is 1. The molecule has 3 nitrogen and oxygen atoms in total. The summed E-state index contributed by atoms with van der Waals surface area (Å²) in [5.74, 6) is 1.57. The van der Waals surface area contributed by atoms with Gasteiger partial charge in [0.1, 0.15) is 5.82 Å². The lowest BCUT2D eigenvalue weighted by Gasteiger charge is -2.33. The third kappa shape index (κ3) is 2.90. The molecule has 0 N–H and O–H groups in total. The predicted octanol–water partition coefficient (Wildman–Crippen LogP) is 2.74. The number of nitrogens with zero attached hydrogens (tertiary/aromatic N) is 2. The summed E-state index contributed by atoms with van der Waals surface area (Å²) in [5.41, 5.74) is 2.13. The number of hydrogen-bond donors (Lipinski definition) is 0. The zero-order valence-electron chi connectivity index (χ0n) is 10.4. The van der Waals surface area contributed by atoms with Crippen LogP contribution in [0.2, 0.25) is 0 Å². The minimum atomic E-state index is 0.332. The molecule has 1 unspecified atom stereocenters. The van der Waals surface area contributed by atoms with E-state index >= 15 is 0 Å². The fourth-order valence-electron chi connectivity index (χ4n) is 2.07. The van der Waals surface area contributed by atoms with Crippen molar-refractivity contribution in [3.63, 3.8) is 0 Å². The molecular weight excluding hydrogens is 236 g/mol. The van der Waals surface area contributed by atoms with Crippen molar-refractivity contribution >= 4 is 17.4 Å². The number of aromatic nitrogens is 1. The molecule has 0 aromatic carbocycles. The first-order valence-corrected chi connectivity index (χ1v) is 6.67. The molecule has 0 amide bonds. The number of hydrogen-bond acceptors (Lipinski definition) is 3. The Bertz CT molecular complexity index is 384. The lowest BCUT2D eigenvalue weighted by molar-refractivity contribution is 0.0381. The summed E-state index contributed by atoms with van der Waals surface area (Å²) in [6.07, 6.45) is 1.38. The second-order valence-corrected chi connectivity index (χ2v) is 4.66. The van der Waals surface area contributed by atoms with E-state index in [4.69, 9.17) is 16.3 Å². The van der Waals surface area contributed by atoms with E-state index in [1.807, 2.05) is 6.92 Å². The molecule has 1 aromatic rings. The fraction of sp³-hybridized carbons (Fsp3) is 0.615. The minimum absolute atomic E-state index is 0.332. The monoisotopic (exact) mass is 254 g/mol. The molecule has 1 fully saturated rings. The maximum atomic E-state index is 5.84. The van der Waals surface area contributed by atoms with Crippen LogP contribution >= 0.6 is 11.6 Å². The minimum Gasteiger partial charge on any atom is -0.375 e. The number of ether oxygens (including phenoxy) is 1. The van der Waals surface area contributed by atoms with E-state index in [1.54, 1.807) is 0 Å². The normalized spacial score (nSPS) is 20.6. The van der Waals surface area contributed by atoms with Gasteiger partial charge in [0.05, 0.1) is 12.7 Å². The standard InChI is InChI=1S/C13H19ClN2O/c1-3-12-9-16(6-7-17-12)13-5-4-11(8-14)10(2)15-13/h4-5,12H,3,6-9H2,1-2H3. The average Bonchev–Trinajstić information content (AvgIpc) is 2.38. The van der Waals surface area contributed by atoms with Crippen molar-refractivity contribution in [1.29, 1.82) is 0 Å². The molecular formula is C13H19ClN2O. The highest BCUT2D eigenvalue weighted by Gasteiger charge is 2.20. The summed E-state index contributed by atoms with van der Waals surface area (Å²) in [6.45, 7) is 6.81. The third-order valence-corrected chi connectivity index (χ3v) is 3.53. The average molecular weight is 255 g/mol. The van der Waals surface area contributed by atoms with E-state index in [-0.39, 0.29) is 0 Å². The summed E-state index contributed by atoms with van der Waals surface area (Å²) in [4.78, 5) is 6.92. The number of pyridine rings is 1. The van der Waals surface area contributed by atoms with E-state index < -0.39 is 0 Å². The molecule has 94 valence electrons. The Balaban J connectivity index is 2.13. The highest BCUT2D eigenvalue weighted by Crippen LogP contribution is 2.19.